The summed E-state index contributed by atoms with van der Waals surface area (Å²) in [4.78, 5) is 2.06. The molecule has 1 saturated carbocycles. The van der Waals surface area contributed by atoms with Gasteiger partial charge in [-0.2, -0.15) is 5.26 Å². The SMILES string of the molecule is N#Cc1ccc(F)cc1CN(CC(O)c1ccc(F)cc1)C1CC1. The maximum Gasteiger partial charge on any atom is 0.123 e. The van der Waals surface area contributed by atoms with E-state index in [1.807, 2.05) is 0 Å². The summed E-state index contributed by atoms with van der Waals surface area (Å²) in [6.45, 7) is 0.765. The van der Waals surface area contributed by atoms with E-state index in [9.17, 15) is 19.1 Å². The van der Waals surface area contributed by atoms with E-state index < -0.39 is 6.10 Å². The Morgan fingerprint density at radius 3 is 2.42 bits per heavy atom. The Morgan fingerprint density at radius 1 is 1.12 bits per heavy atom. The second kappa shape index (κ2) is 7.08. The van der Waals surface area contributed by atoms with E-state index in [1.165, 1.54) is 30.3 Å². The minimum absolute atomic E-state index is 0.329. The number of hydrogen-bond acceptors (Lipinski definition) is 3. The summed E-state index contributed by atoms with van der Waals surface area (Å²) in [5.74, 6) is -0.720. The number of nitriles is 1. The first-order valence-corrected chi connectivity index (χ1v) is 7.93. The van der Waals surface area contributed by atoms with Crippen LogP contribution in [-0.2, 0) is 6.54 Å². The third kappa shape index (κ3) is 3.97. The van der Waals surface area contributed by atoms with Gasteiger partial charge in [-0.1, -0.05) is 12.1 Å². The van der Waals surface area contributed by atoms with Crippen molar-refractivity contribution in [1.82, 2.24) is 4.90 Å². The summed E-state index contributed by atoms with van der Waals surface area (Å²) in [6.07, 6.45) is 1.28. The van der Waals surface area contributed by atoms with E-state index in [-0.39, 0.29) is 11.6 Å². The van der Waals surface area contributed by atoms with Crippen molar-refractivity contribution in [1.29, 1.82) is 5.26 Å². The molecule has 2 aromatic carbocycles. The van der Waals surface area contributed by atoms with Crippen LogP contribution in [0.5, 0.6) is 0 Å². The normalized spacial score (nSPS) is 15.3. The van der Waals surface area contributed by atoms with Gasteiger partial charge in [0.1, 0.15) is 11.6 Å². The lowest BCUT2D eigenvalue weighted by atomic mass is 10.1. The topological polar surface area (TPSA) is 47.3 Å². The van der Waals surface area contributed by atoms with E-state index in [4.69, 9.17) is 0 Å². The summed E-state index contributed by atoms with van der Waals surface area (Å²) < 4.78 is 26.5. The number of nitrogens with zero attached hydrogens (tertiary/aromatic N) is 2. The fraction of sp³-hybridized carbons (Fsp3) is 0.316. The third-order valence-corrected chi connectivity index (χ3v) is 4.29. The largest absolute Gasteiger partial charge is 0.387 e. The molecule has 0 spiro atoms. The second-order valence-electron chi connectivity index (χ2n) is 6.14. The molecule has 1 aliphatic carbocycles. The molecule has 3 nitrogen and oxygen atoms in total. The fourth-order valence-electron chi connectivity index (χ4n) is 2.82. The number of benzene rings is 2. The maximum atomic E-state index is 13.5. The first-order chi connectivity index (χ1) is 11.6. The number of halogens is 2. The van der Waals surface area contributed by atoms with Gasteiger partial charge in [0.05, 0.1) is 17.7 Å². The zero-order chi connectivity index (χ0) is 17.1. The first kappa shape index (κ1) is 16.6. The van der Waals surface area contributed by atoms with Crippen molar-refractivity contribution in [3.8, 4) is 6.07 Å². The molecule has 0 aliphatic heterocycles. The smallest absolute Gasteiger partial charge is 0.123 e. The van der Waals surface area contributed by atoms with Crippen molar-refractivity contribution in [2.75, 3.05) is 6.54 Å². The van der Waals surface area contributed by atoms with Crippen LogP contribution in [0.2, 0.25) is 0 Å². The van der Waals surface area contributed by atoms with E-state index in [2.05, 4.69) is 11.0 Å². The molecule has 0 heterocycles. The Kier molecular flexibility index (Phi) is 4.89. The van der Waals surface area contributed by atoms with Crippen LogP contribution in [0.4, 0.5) is 8.78 Å². The molecule has 0 bridgehead atoms. The van der Waals surface area contributed by atoms with Gasteiger partial charge in [0.2, 0.25) is 0 Å². The third-order valence-electron chi connectivity index (χ3n) is 4.29. The van der Waals surface area contributed by atoms with E-state index in [0.717, 1.165) is 12.8 Å². The highest BCUT2D eigenvalue weighted by atomic mass is 19.1. The van der Waals surface area contributed by atoms with E-state index in [0.29, 0.717) is 35.8 Å². The monoisotopic (exact) mass is 328 g/mol. The van der Waals surface area contributed by atoms with Crippen molar-refractivity contribution >= 4 is 0 Å². The summed E-state index contributed by atoms with van der Waals surface area (Å²) in [5, 5.41) is 19.6. The second-order valence-corrected chi connectivity index (χ2v) is 6.14. The van der Waals surface area contributed by atoms with E-state index in [1.54, 1.807) is 12.1 Å². The summed E-state index contributed by atoms with van der Waals surface area (Å²) >= 11 is 0. The molecule has 2 aromatic rings. The molecule has 1 fully saturated rings. The lowest BCUT2D eigenvalue weighted by Crippen LogP contribution is -2.30. The fourth-order valence-corrected chi connectivity index (χ4v) is 2.82. The zero-order valence-electron chi connectivity index (χ0n) is 13.1. The van der Waals surface area contributed by atoms with Crippen LogP contribution >= 0.6 is 0 Å². The number of aliphatic hydroxyl groups is 1. The van der Waals surface area contributed by atoms with Crippen molar-refractivity contribution in [3.63, 3.8) is 0 Å². The highest BCUT2D eigenvalue weighted by Crippen LogP contribution is 2.31. The molecular formula is C19H18F2N2O. The molecule has 24 heavy (non-hydrogen) atoms. The number of hydrogen-bond donors (Lipinski definition) is 1. The summed E-state index contributed by atoms with van der Waals surface area (Å²) in [6, 6.07) is 12.3. The summed E-state index contributed by atoms with van der Waals surface area (Å²) in [7, 11) is 0. The quantitative estimate of drug-likeness (QED) is 0.882. The highest BCUT2D eigenvalue weighted by Gasteiger charge is 2.31. The first-order valence-electron chi connectivity index (χ1n) is 7.93. The molecule has 124 valence electrons. The standard InChI is InChI=1S/C19H18F2N2O/c20-16-4-1-13(2-5-16)19(24)12-23(18-7-8-18)11-15-9-17(21)6-3-14(15)10-22/h1-6,9,18-19,24H,7-8,11-12H2. The van der Waals surface area contributed by atoms with Crippen LogP contribution < -0.4 is 0 Å². The molecule has 0 amide bonds. The molecule has 0 aromatic heterocycles. The van der Waals surface area contributed by atoms with Gasteiger partial charge in [-0.05, 0) is 54.3 Å². The maximum absolute atomic E-state index is 13.5. The average Bonchev–Trinajstić information content (AvgIpc) is 3.40. The molecule has 5 heteroatoms. The Labute approximate surface area is 139 Å². The van der Waals surface area contributed by atoms with Gasteiger partial charge in [-0.3, -0.25) is 4.90 Å². The highest BCUT2D eigenvalue weighted by molar-refractivity contribution is 5.38. The summed E-state index contributed by atoms with van der Waals surface area (Å²) in [5.41, 5.74) is 1.70. The minimum atomic E-state index is -0.759. The lowest BCUT2D eigenvalue weighted by Gasteiger charge is -2.25. The molecule has 0 saturated heterocycles. The number of rotatable bonds is 6. The average molecular weight is 328 g/mol. The van der Waals surface area contributed by atoms with Crippen LogP contribution in [0.25, 0.3) is 0 Å². The van der Waals surface area contributed by atoms with Crippen molar-refractivity contribution in [2.24, 2.45) is 0 Å². The Morgan fingerprint density at radius 2 is 1.79 bits per heavy atom. The predicted octanol–water partition coefficient (Wildman–Crippen LogP) is 3.53. The molecule has 1 aliphatic rings. The van der Waals surface area contributed by atoms with Crippen LogP contribution in [0.15, 0.2) is 42.5 Å². The lowest BCUT2D eigenvalue weighted by molar-refractivity contribution is 0.104. The molecule has 0 radical (unpaired) electrons. The zero-order valence-corrected chi connectivity index (χ0v) is 13.1. The minimum Gasteiger partial charge on any atom is -0.387 e. The van der Waals surface area contributed by atoms with Gasteiger partial charge in [0.25, 0.3) is 0 Å². The van der Waals surface area contributed by atoms with Gasteiger partial charge in [0, 0.05) is 19.1 Å². The van der Waals surface area contributed by atoms with Gasteiger partial charge in [-0.25, -0.2) is 8.78 Å². The van der Waals surface area contributed by atoms with Gasteiger partial charge < -0.3 is 5.11 Å². The van der Waals surface area contributed by atoms with Gasteiger partial charge >= 0.3 is 0 Å². The predicted molar refractivity (Wildman–Crippen MR) is 85.9 cm³/mol. The van der Waals surface area contributed by atoms with Crippen molar-refractivity contribution in [2.45, 2.75) is 31.5 Å². The van der Waals surface area contributed by atoms with Gasteiger partial charge in [0.15, 0.2) is 0 Å². The molecule has 1 N–H and O–H groups in total. The molecule has 1 atom stereocenters. The Hall–Kier alpha value is -2.29. The molecule has 1 unspecified atom stereocenters. The van der Waals surface area contributed by atoms with Crippen molar-refractivity contribution < 1.29 is 13.9 Å². The van der Waals surface area contributed by atoms with Crippen molar-refractivity contribution in [3.05, 3.63) is 70.8 Å². The van der Waals surface area contributed by atoms with Crippen LogP contribution in [0.3, 0.4) is 0 Å². The molecule has 3 rings (SSSR count). The van der Waals surface area contributed by atoms with E-state index >= 15 is 0 Å². The van der Waals surface area contributed by atoms with Crippen LogP contribution in [-0.4, -0.2) is 22.6 Å². The van der Waals surface area contributed by atoms with Crippen LogP contribution in [0.1, 0.15) is 35.6 Å². The number of aliphatic hydroxyl groups excluding tert-OH is 1. The van der Waals surface area contributed by atoms with Crippen LogP contribution in [0, 0.1) is 23.0 Å². The Bertz CT molecular complexity index is 751. The van der Waals surface area contributed by atoms with Gasteiger partial charge in [-0.15, -0.1) is 0 Å². The molecular weight excluding hydrogens is 310 g/mol. The Balaban J connectivity index is 1.75.